The lowest BCUT2D eigenvalue weighted by atomic mass is 9.98. The van der Waals surface area contributed by atoms with Gasteiger partial charge in [-0.2, -0.15) is 11.3 Å². The van der Waals surface area contributed by atoms with Crippen LogP contribution < -0.4 is 0 Å². The maximum absolute atomic E-state index is 9.55. The first-order valence-corrected chi connectivity index (χ1v) is 7.01. The number of aryl methyl sites for hydroxylation is 1. The Morgan fingerprint density at radius 2 is 1.90 bits per heavy atom. The summed E-state index contributed by atoms with van der Waals surface area (Å²) in [6.07, 6.45) is 4.81. The van der Waals surface area contributed by atoms with E-state index in [9.17, 15) is 9.59 Å². The Balaban J connectivity index is 0.000000240. The first-order chi connectivity index (χ1) is 9.91. The molecule has 0 aliphatic heterocycles. The van der Waals surface area contributed by atoms with Gasteiger partial charge >= 0.3 is 11.9 Å². The van der Waals surface area contributed by atoms with E-state index in [-0.39, 0.29) is 0 Å². The number of carbonyl (C=O) groups is 2. The molecule has 2 heterocycles. The van der Waals surface area contributed by atoms with Gasteiger partial charge in [0.25, 0.3) is 0 Å². The van der Waals surface area contributed by atoms with E-state index in [4.69, 9.17) is 10.2 Å². The highest BCUT2D eigenvalue weighted by Gasteiger charge is 2.12. The molecule has 0 saturated heterocycles. The SMILES string of the molecule is Cc1cscc1C(C)c1c[nH]cn1.O=C(O)/C=C/C(=O)O. The van der Waals surface area contributed by atoms with Crippen LogP contribution in [-0.4, -0.2) is 32.1 Å². The monoisotopic (exact) mass is 308 g/mol. The summed E-state index contributed by atoms with van der Waals surface area (Å²) in [7, 11) is 0. The molecule has 21 heavy (non-hydrogen) atoms. The zero-order chi connectivity index (χ0) is 15.8. The molecule has 3 N–H and O–H groups in total. The number of H-pyrrole nitrogens is 1. The highest BCUT2D eigenvalue weighted by Crippen LogP contribution is 2.27. The molecule has 0 spiro atoms. The number of aromatic amines is 1. The second-order valence-electron chi connectivity index (χ2n) is 4.24. The minimum absolute atomic E-state index is 0.400. The summed E-state index contributed by atoms with van der Waals surface area (Å²) in [6, 6.07) is 0. The number of aliphatic carboxylic acids is 2. The molecule has 0 aliphatic rings. The number of carboxylic acid groups (broad SMARTS) is 2. The van der Waals surface area contributed by atoms with Crippen molar-refractivity contribution < 1.29 is 19.8 Å². The average Bonchev–Trinajstić information content (AvgIpc) is 3.07. The van der Waals surface area contributed by atoms with Crippen LogP contribution in [0.3, 0.4) is 0 Å². The lowest BCUT2D eigenvalue weighted by Crippen LogP contribution is -1.95. The van der Waals surface area contributed by atoms with Crippen LogP contribution in [0.15, 0.2) is 35.4 Å². The summed E-state index contributed by atoms with van der Waals surface area (Å²) in [5.74, 6) is -2.11. The van der Waals surface area contributed by atoms with Crippen LogP contribution in [0.4, 0.5) is 0 Å². The van der Waals surface area contributed by atoms with E-state index < -0.39 is 11.9 Å². The molecule has 0 saturated carbocycles. The summed E-state index contributed by atoms with van der Waals surface area (Å²) in [6.45, 7) is 4.33. The average molecular weight is 308 g/mol. The predicted octanol–water partition coefficient (Wildman–Crippen LogP) is 2.64. The van der Waals surface area contributed by atoms with Gasteiger partial charge in [-0.15, -0.1) is 0 Å². The van der Waals surface area contributed by atoms with Crippen molar-refractivity contribution in [3.8, 4) is 0 Å². The van der Waals surface area contributed by atoms with Gasteiger partial charge in [0.2, 0.25) is 0 Å². The number of rotatable bonds is 4. The van der Waals surface area contributed by atoms with Gasteiger partial charge in [-0.25, -0.2) is 14.6 Å². The fourth-order valence-corrected chi connectivity index (χ4v) is 2.57. The molecule has 0 bridgehead atoms. The van der Waals surface area contributed by atoms with E-state index in [1.165, 1.54) is 11.1 Å². The Labute approximate surface area is 125 Å². The van der Waals surface area contributed by atoms with Crippen molar-refractivity contribution in [2.24, 2.45) is 0 Å². The van der Waals surface area contributed by atoms with Crippen molar-refractivity contribution in [3.05, 3.63) is 52.3 Å². The van der Waals surface area contributed by atoms with Crippen molar-refractivity contribution in [2.75, 3.05) is 0 Å². The Morgan fingerprint density at radius 3 is 2.29 bits per heavy atom. The molecule has 0 fully saturated rings. The predicted molar refractivity (Wildman–Crippen MR) is 79.6 cm³/mol. The third kappa shape index (κ3) is 5.62. The molecule has 1 unspecified atom stereocenters. The highest BCUT2D eigenvalue weighted by molar-refractivity contribution is 7.08. The number of nitrogens with one attached hydrogen (secondary N) is 1. The number of nitrogens with zero attached hydrogens (tertiary/aromatic N) is 1. The molecule has 0 aliphatic carbocycles. The van der Waals surface area contributed by atoms with Crippen molar-refractivity contribution >= 4 is 23.3 Å². The second-order valence-corrected chi connectivity index (χ2v) is 4.98. The molecule has 7 heteroatoms. The minimum atomic E-state index is -1.26. The van der Waals surface area contributed by atoms with Crippen molar-refractivity contribution in [3.63, 3.8) is 0 Å². The largest absolute Gasteiger partial charge is 0.478 e. The molecular weight excluding hydrogens is 292 g/mol. The number of thiophene rings is 1. The molecule has 1 atom stereocenters. The number of hydrogen-bond donors (Lipinski definition) is 3. The smallest absolute Gasteiger partial charge is 0.328 e. The summed E-state index contributed by atoms with van der Waals surface area (Å²) in [5, 5.41) is 20.0. The van der Waals surface area contributed by atoms with Crippen molar-refractivity contribution in [1.82, 2.24) is 9.97 Å². The van der Waals surface area contributed by atoms with Crippen LogP contribution in [-0.2, 0) is 9.59 Å². The molecule has 6 nitrogen and oxygen atoms in total. The maximum atomic E-state index is 9.55. The lowest BCUT2D eigenvalue weighted by molar-refractivity contribution is -0.134. The third-order valence-corrected chi connectivity index (χ3v) is 3.57. The highest BCUT2D eigenvalue weighted by atomic mass is 32.1. The van der Waals surface area contributed by atoms with Gasteiger partial charge in [0.05, 0.1) is 12.0 Å². The second kappa shape index (κ2) is 8.01. The van der Waals surface area contributed by atoms with Gasteiger partial charge in [0, 0.05) is 24.3 Å². The quantitative estimate of drug-likeness (QED) is 0.753. The number of hydrogen-bond acceptors (Lipinski definition) is 4. The summed E-state index contributed by atoms with van der Waals surface area (Å²) < 4.78 is 0. The van der Waals surface area contributed by atoms with Crippen molar-refractivity contribution in [2.45, 2.75) is 19.8 Å². The van der Waals surface area contributed by atoms with Gasteiger partial charge in [-0.3, -0.25) is 0 Å². The van der Waals surface area contributed by atoms with Gasteiger partial charge in [0.1, 0.15) is 0 Å². The van der Waals surface area contributed by atoms with Crippen LogP contribution in [0, 0.1) is 6.92 Å². The molecule has 112 valence electrons. The molecule has 2 rings (SSSR count). The Kier molecular flexibility index (Phi) is 6.35. The van der Waals surface area contributed by atoms with Gasteiger partial charge < -0.3 is 15.2 Å². The van der Waals surface area contributed by atoms with E-state index in [2.05, 4.69) is 34.6 Å². The first-order valence-electron chi connectivity index (χ1n) is 6.07. The van der Waals surface area contributed by atoms with E-state index in [0.29, 0.717) is 18.1 Å². The van der Waals surface area contributed by atoms with Crippen LogP contribution >= 0.6 is 11.3 Å². The standard InChI is InChI=1S/C10H12N2S.C4H4O4/c1-7-4-13-5-9(7)8(2)10-3-11-6-12-10;5-3(6)1-2-4(7)8/h3-6,8H,1-2H3,(H,11,12);1-2H,(H,5,6)(H,7,8)/b;2-1+. The number of imidazole rings is 1. The molecule has 0 aromatic carbocycles. The summed E-state index contributed by atoms with van der Waals surface area (Å²) in [4.78, 5) is 26.4. The van der Waals surface area contributed by atoms with E-state index >= 15 is 0 Å². The zero-order valence-electron chi connectivity index (χ0n) is 11.6. The first kappa shape index (κ1) is 16.6. The van der Waals surface area contributed by atoms with E-state index in [1.807, 2.05) is 6.20 Å². The van der Waals surface area contributed by atoms with Crippen LogP contribution in [0.25, 0.3) is 0 Å². The summed E-state index contributed by atoms with van der Waals surface area (Å²) in [5.41, 5.74) is 3.86. The molecule has 2 aromatic heterocycles. The summed E-state index contributed by atoms with van der Waals surface area (Å²) >= 11 is 1.75. The Hall–Kier alpha value is -2.41. The molecule has 2 aromatic rings. The van der Waals surface area contributed by atoms with Gasteiger partial charge in [-0.05, 0) is 28.8 Å². The third-order valence-electron chi connectivity index (χ3n) is 2.69. The fourth-order valence-electron chi connectivity index (χ4n) is 1.62. The molecular formula is C14H16N2O4S. The Morgan fingerprint density at radius 1 is 1.29 bits per heavy atom. The number of carboxylic acids is 2. The van der Waals surface area contributed by atoms with Gasteiger partial charge in [0.15, 0.2) is 0 Å². The van der Waals surface area contributed by atoms with Crippen LogP contribution in [0.1, 0.15) is 29.7 Å². The normalized spacial score (nSPS) is 11.7. The minimum Gasteiger partial charge on any atom is -0.478 e. The zero-order valence-corrected chi connectivity index (χ0v) is 12.4. The fraction of sp³-hybridized carbons (Fsp3) is 0.214. The van der Waals surface area contributed by atoms with E-state index in [0.717, 1.165) is 5.69 Å². The van der Waals surface area contributed by atoms with Crippen LogP contribution in [0.2, 0.25) is 0 Å². The van der Waals surface area contributed by atoms with E-state index in [1.54, 1.807) is 17.7 Å². The van der Waals surface area contributed by atoms with Crippen LogP contribution in [0.5, 0.6) is 0 Å². The van der Waals surface area contributed by atoms with Gasteiger partial charge in [-0.1, -0.05) is 6.92 Å². The maximum Gasteiger partial charge on any atom is 0.328 e. The Bertz CT molecular complexity index is 601. The molecule has 0 radical (unpaired) electrons. The molecule has 0 amide bonds. The topological polar surface area (TPSA) is 103 Å². The number of aromatic nitrogens is 2. The lowest BCUT2D eigenvalue weighted by Gasteiger charge is -2.07. The van der Waals surface area contributed by atoms with Crippen molar-refractivity contribution in [1.29, 1.82) is 0 Å².